The maximum absolute atomic E-state index is 12.1. The highest BCUT2D eigenvalue weighted by Gasteiger charge is 2.16. The van der Waals surface area contributed by atoms with Crippen molar-refractivity contribution in [2.75, 3.05) is 5.32 Å². The van der Waals surface area contributed by atoms with Crippen LogP contribution in [0.1, 0.15) is 13.0 Å². The Kier molecular flexibility index (Phi) is 4.62. The van der Waals surface area contributed by atoms with Gasteiger partial charge in [-0.25, -0.2) is 0 Å². The number of hydrogen-bond acceptors (Lipinski definition) is 2. The molecular weight excluding hydrogens is 344 g/mol. The highest BCUT2D eigenvalue weighted by Crippen LogP contribution is 2.16. The number of benzene rings is 1. The minimum Gasteiger partial charge on any atom is -0.324 e. The van der Waals surface area contributed by atoms with Gasteiger partial charge in [-0.3, -0.25) is 9.59 Å². The standard InChI is InChI=1S/C14H12BrClN2O2/c1-9(18-8-10(15)2-7-13(18)19)14(20)17-12-5-3-11(16)4-6-12/h2-9H,1H3,(H,17,20). The summed E-state index contributed by atoms with van der Waals surface area (Å²) in [6.45, 7) is 1.67. The molecule has 0 aliphatic rings. The SMILES string of the molecule is CC(C(=O)Nc1ccc(Cl)cc1)n1cc(Br)ccc1=O. The number of rotatable bonds is 3. The summed E-state index contributed by atoms with van der Waals surface area (Å²) < 4.78 is 2.11. The molecule has 6 heteroatoms. The van der Waals surface area contributed by atoms with Gasteiger partial charge in [0.2, 0.25) is 5.91 Å². The predicted molar refractivity (Wildman–Crippen MR) is 83.2 cm³/mol. The van der Waals surface area contributed by atoms with Crippen LogP contribution in [0.3, 0.4) is 0 Å². The molecule has 0 radical (unpaired) electrons. The summed E-state index contributed by atoms with van der Waals surface area (Å²) in [6.07, 6.45) is 1.59. The van der Waals surface area contributed by atoms with Crippen molar-refractivity contribution in [3.8, 4) is 0 Å². The molecule has 1 atom stereocenters. The number of carbonyl (C=O) groups is 1. The third-order valence-corrected chi connectivity index (χ3v) is 3.53. The predicted octanol–water partition coefficient (Wildman–Crippen LogP) is 3.46. The van der Waals surface area contributed by atoms with Crippen LogP contribution < -0.4 is 10.9 Å². The van der Waals surface area contributed by atoms with E-state index in [1.165, 1.54) is 10.6 Å². The number of pyridine rings is 1. The van der Waals surface area contributed by atoms with Crippen molar-refractivity contribution in [2.45, 2.75) is 13.0 Å². The summed E-state index contributed by atoms with van der Waals surface area (Å²) >= 11 is 9.06. The van der Waals surface area contributed by atoms with Crippen molar-refractivity contribution in [2.24, 2.45) is 0 Å². The molecule has 0 spiro atoms. The number of amides is 1. The Labute approximate surface area is 129 Å². The van der Waals surface area contributed by atoms with Gasteiger partial charge in [0.1, 0.15) is 6.04 Å². The van der Waals surface area contributed by atoms with Gasteiger partial charge in [0.15, 0.2) is 0 Å². The first-order valence-corrected chi connectivity index (χ1v) is 7.08. The van der Waals surface area contributed by atoms with E-state index < -0.39 is 6.04 Å². The average molecular weight is 356 g/mol. The molecule has 1 heterocycles. The normalized spacial score (nSPS) is 11.9. The number of nitrogens with zero attached hydrogens (tertiary/aromatic N) is 1. The number of anilines is 1. The van der Waals surface area contributed by atoms with E-state index in [4.69, 9.17) is 11.6 Å². The first kappa shape index (κ1) is 14.8. The van der Waals surface area contributed by atoms with Gasteiger partial charge in [0.25, 0.3) is 5.56 Å². The lowest BCUT2D eigenvalue weighted by Crippen LogP contribution is -2.30. The third-order valence-electron chi connectivity index (χ3n) is 2.81. The first-order chi connectivity index (χ1) is 9.47. The molecule has 2 rings (SSSR count). The molecule has 0 aliphatic carbocycles. The van der Waals surface area contributed by atoms with E-state index in [2.05, 4.69) is 21.2 Å². The maximum atomic E-state index is 12.1. The van der Waals surface area contributed by atoms with Crippen LogP contribution >= 0.6 is 27.5 Å². The highest BCUT2D eigenvalue weighted by atomic mass is 79.9. The molecule has 104 valence electrons. The fourth-order valence-electron chi connectivity index (χ4n) is 1.69. The second-order valence-electron chi connectivity index (χ2n) is 4.26. The summed E-state index contributed by atoms with van der Waals surface area (Å²) in [5.74, 6) is -0.271. The van der Waals surface area contributed by atoms with Gasteiger partial charge in [-0.1, -0.05) is 11.6 Å². The Morgan fingerprint density at radius 1 is 1.25 bits per heavy atom. The minimum atomic E-state index is -0.615. The first-order valence-electron chi connectivity index (χ1n) is 5.91. The van der Waals surface area contributed by atoms with Crippen molar-refractivity contribution in [1.29, 1.82) is 0 Å². The minimum absolute atomic E-state index is 0.230. The maximum Gasteiger partial charge on any atom is 0.251 e. The van der Waals surface area contributed by atoms with Crippen molar-refractivity contribution in [1.82, 2.24) is 4.57 Å². The van der Waals surface area contributed by atoms with Crippen molar-refractivity contribution in [3.63, 3.8) is 0 Å². The van der Waals surface area contributed by atoms with Gasteiger partial charge < -0.3 is 9.88 Å². The van der Waals surface area contributed by atoms with Gasteiger partial charge in [0, 0.05) is 27.4 Å². The molecule has 0 saturated carbocycles. The van der Waals surface area contributed by atoms with Crippen molar-refractivity contribution < 1.29 is 4.79 Å². The van der Waals surface area contributed by atoms with Crippen LogP contribution in [0.15, 0.2) is 51.9 Å². The molecule has 2 aromatic rings. The molecule has 0 saturated heterocycles. The number of hydrogen-bond donors (Lipinski definition) is 1. The molecule has 1 unspecified atom stereocenters. The fraction of sp³-hybridized carbons (Fsp3) is 0.143. The van der Waals surface area contributed by atoms with E-state index in [0.717, 1.165) is 4.47 Å². The summed E-state index contributed by atoms with van der Waals surface area (Å²) in [5, 5.41) is 3.34. The number of halogens is 2. The Morgan fingerprint density at radius 2 is 1.90 bits per heavy atom. The summed E-state index contributed by atoms with van der Waals surface area (Å²) in [7, 11) is 0. The number of aromatic nitrogens is 1. The second-order valence-corrected chi connectivity index (χ2v) is 5.62. The largest absolute Gasteiger partial charge is 0.324 e. The van der Waals surface area contributed by atoms with E-state index in [0.29, 0.717) is 10.7 Å². The lowest BCUT2D eigenvalue weighted by molar-refractivity contribution is -0.118. The van der Waals surface area contributed by atoms with Crippen LogP contribution in [0.5, 0.6) is 0 Å². The van der Waals surface area contributed by atoms with Crippen molar-refractivity contribution >= 4 is 39.1 Å². The fourth-order valence-corrected chi connectivity index (χ4v) is 2.16. The second kappa shape index (κ2) is 6.24. The van der Waals surface area contributed by atoms with Crippen molar-refractivity contribution in [3.05, 3.63) is 62.4 Å². The quantitative estimate of drug-likeness (QED) is 0.916. The molecule has 1 aromatic heterocycles. The number of carbonyl (C=O) groups excluding carboxylic acids is 1. The summed E-state index contributed by atoms with van der Waals surface area (Å²) in [4.78, 5) is 23.9. The Bertz CT molecular complexity index is 682. The van der Waals surface area contributed by atoms with E-state index in [9.17, 15) is 9.59 Å². The van der Waals surface area contributed by atoms with E-state index in [1.807, 2.05) is 0 Å². The molecule has 1 amide bonds. The third kappa shape index (κ3) is 3.49. The van der Waals surface area contributed by atoms with Crippen LogP contribution in [0.2, 0.25) is 5.02 Å². The topological polar surface area (TPSA) is 51.1 Å². The number of nitrogens with one attached hydrogen (secondary N) is 1. The van der Waals surface area contributed by atoms with Crippen LogP contribution in [-0.2, 0) is 4.79 Å². The van der Waals surface area contributed by atoms with Gasteiger partial charge in [-0.15, -0.1) is 0 Å². The Balaban J connectivity index is 2.18. The summed E-state index contributed by atoms with van der Waals surface area (Å²) in [6, 6.07) is 9.22. The zero-order chi connectivity index (χ0) is 14.7. The van der Waals surface area contributed by atoms with Gasteiger partial charge in [-0.05, 0) is 53.2 Å². The molecule has 20 heavy (non-hydrogen) atoms. The molecular formula is C14H12BrClN2O2. The van der Waals surface area contributed by atoms with Gasteiger partial charge in [-0.2, -0.15) is 0 Å². The highest BCUT2D eigenvalue weighted by molar-refractivity contribution is 9.10. The summed E-state index contributed by atoms with van der Waals surface area (Å²) in [5.41, 5.74) is 0.404. The zero-order valence-corrected chi connectivity index (χ0v) is 13.0. The van der Waals surface area contributed by atoms with Crippen LogP contribution in [0, 0.1) is 0 Å². The Morgan fingerprint density at radius 3 is 2.55 bits per heavy atom. The van der Waals surface area contributed by atoms with Gasteiger partial charge >= 0.3 is 0 Å². The van der Waals surface area contributed by atoms with E-state index >= 15 is 0 Å². The molecule has 0 aliphatic heterocycles. The van der Waals surface area contributed by atoms with E-state index in [1.54, 1.807) is 43.5 Å². The van der Waals surface area contributed by atoms with Crippen LogP contribution in [0.25, 0.3) is 0 Å². The van der Waals surface area contributed by atoms with Crippen LogP contribution in [-0.4, -0.2) is 10.5 Å². The molecule has 1 N–H and O–H groups in total. The smallest absolute Gasteiger partial charge is 0.251 e. The zero-order valence-electron chi connectivity index (χ0n) is 10.6. The van der Waals surface area contributed by atoms with Crippen LogP contribution in [0.4, 0.5) is 5.69 Å². The molecule has 4 nitrogen and oxygen atoms in total. The molecule has 0 bridgehead atoms. The Hall–Kier alpha value is -1.59. The van der Waals surface area contributed by atoms with E-state index in [-0.39, 0.29) is 11.5 Å². The van der Waals surface area contributed by atoms with Gasteiger partial charge in [0.05, 0.1) is 0 Å². The average Bonchev–Trinajstić information content (AvgIpc) is 2.43. The lowest BCUT2D eigenvalue weighted by atomic mass is 10.2. The lowest BCUT2D eigenvalue weighted by Gasteiger charge is -2.15. The molecule has 1 aromatic carbocycles. The monoisotopic (exact) mass is 354 g/mol. The molecule has 0 fully saturated rings.